The Morgan fingerprint density at radius 2 is 1.90 bits per heavy atom. The number of aryl methyl sites for hydroxylation is 1. The molecule has 9 heteroatoms. The highest BCUT2D eigenvalue weighted by Gasteiger charge is 2.23. The van der Waals surface area contributed by atoms with E-state index in [-0.39, 0.29) is 24.6 Å². The molecule has 1 atom stereocenters. The predicted molar refractivity (Wildman–Crippen MR) is 106 cm³/mol. The van der Waals surface area contributed by atoms with Gasteiger partial charge >= 0.3 is 5.97 Å². The van der Waals surface area contributed by atoms with Gasteiger partial charge < -0.3 is 19.5 Å². The number of amides is 1. The number of rotatable bonds is 5. The average Bonchev–Trinajstić information content (AvgIpc) is 3.22. The van der Waals surface area contributed by atoms with Gasteiger partial charge in [-0.3, -0.25) is 9.59 Å². The van der Waals surface area contributed by atoms with Gasteiger partial charge in [-0.1, -0.05) is 24.3 Å². The first-order chi connectivity index (χ1) is 14.4. The quantitative estimate of drug-likeness (QED) is 0.637. The van der Waals surface area contributed by atoms with Crippen LogP contribution in [0.4, 0.5) is 0 Å². The monoisotopic (exact) mass is 409 g/mol. The Kier molecular flexibility index (Phi) is 5.09. The Morgan fingerprint density at radius 3 is 2.70 bits per heavy atom. The summed E-state index contributed by atoms with van der Waals surface area (Å²) in [5.41, 5.74) is 0.469. The van der Waals surface area contributed by atoms with Gasteiger partial charge in [0.2, 0.25) is 6.79 Å². The third-order valence-electron chi connectivity index (χ3n) is 4.71. The maximum atomic E-state index is 12.6. The van der Waals surface area contributed by atoms with E-state index in [1.807, 2.05) is 6.07 Å². The predicted octanol–water partition coefficient (Wildman–Crippen LogP) is 1.52. The van der Waals surface area contributed by atoms with E-state index < -0.39 is 18.0 Å². The normalized spacial score (nSPS) is 13.1. The minimum atomic E-state index is -1.05. The lowest BCUT2D eigenvalue weighted by Crippen LogP contribution is -2.36. The Hall–Kier alpha value is -3.88. The van der Waals surface area contributed by atoms with Crippen LogP contribution in [-0.4, -0.2) is 34.6 Å². The number of esters is 1. The van der Waals surface area contributed by atoms with Crippen molar-refractivity contribution in [1.82, 2.24) is 15.1 Å². The van der Waals surface area contributed by atoms with Gasteiger partial charge in [0.05, 0.1) is 5.39 Å². The van der Waals surface area contributed by atoms with Gasteiger partial charge in [-0.2, -0.15) is 5.10 Å². The van der Waals surface area contributed by atoms with Crippen molar-refractivity contribution in [3.8, 4) is 11.5 Å². The molecule has 3 aromatic rings. The van der Waals surface area contributed by atoms with Crippen molar-refractivity contribution in [3.05, 3.63) is 64.1 Å². The summed E-state index contributed by atoms with van der Waals surface area (Å²) in [6.07, 6.45) is -1.05. The molecule has 1 amide bonds. The topological polar surface area (TPSA) is 109 Å². The Balaban J connectivity index is 1.43. The lowest BCUT2D eigenvalue weighted by Gasteiger charge is -2.14. The van der Waals surface area contributed by atoms with E-state index in [1.165, 1.54) is 14.0 Å². The van der Waals surface area contributed by atoms with Crippen LogP contribution in [0.1, 0.15) is 23.0 Å². The number of ether oxygens (including phenoxy) is 3. The average molecular weight is 409 g/mol. The van der Waals surface area contributed by atoms with Crippen LogP contribution in [0.25, 0.3) is 10.8 Å². The zero-order valence-corrected chi connectivity index (χ0v) is 16.4. The second-order valence-corrected chi connectivity index (χ2v) is 6.78. The first-order valence-electron chi connectivity index (χ1n) is 9.27. The van der Waals surface area contributed by atoms with Gasteiger partial charge in [-0.05, 0) is 30.7 Å². The molecule has 0 unspecified atom stereocenters. The molecule has 4 rings (SSSR count). The van der Waals surface area contributed by atoms with Crippen molar-refractivity contribution in [2.24, 2.45) is 7.05 Å². The molecule has 9 nitrogen and oxygen atoms in total. The van der Waals surface area contributed by atoms with Gasteiger partial charge in [-0.25, -0.2) is 9.48 Å². The van der Waals surface area contributed by atoms with Crippen LogP contribution in [0.15, 0.2) is 47.3 Å². The zero-order chi connectivity index (χ0) is 21.3. The standard InChI is InChI=1S/C21H19N3O6/c1-12(19(25)22-10-13-7-8-16-17(9-13)29-11-28-16)30-21(27)18-14-5-3-4-6-15(14)20(26)24(2)23-18/h3-9,12H,10-11H2,1-2H3,(H,22,25)/t12-/m1/s1. The Bertz CT molecular complexity index is 1200. The molecule has 2 aromatic carbocycles. The summed E-state index contributed by atoms with van der Waals surface area (Å²) in [6, 6.07) is 12.0. The maximum Gasteiger partial charge on any atom is 0.360 e. The van der Waals surface area contributed by atoms with Crippen LogP contribution in [0.5, 0.6) is 11.5 Å². The minimum Gasteiger partial charge on any atom is -0.454 e. The van der Waals surface area contributed by atoms with Crippen LogP contribution in [0, 0.1) is 0 Å². The van der Waals surface area contributed by atoms with Gasteiger partial charge in [0.15, 0.2) is 23.3 Å². The van der Waals surface area contributed by atoms with Crippen molar-refractivity contribution >= 4 is 22.6 Å². The minimum absolute atomic E-state index is 0.0249. The number of hydrogen-bond acceptors (Lipinski definition) is 7. The highest BCUT2D eigenvalue weighted by Crippen LogP contribution is 2.32. The zero-order valence-electron chi connectivity index (χ0n) is 16.4. The molecule has 0 spiro atoms. The number of aromatic nitrogens is 2. The summed E-state index contributed by atoms with van der Waals surface area (Å²) in [5, 5.41) is 7.45. The molecular weight excluding hydrogens is 390 g/mol. The summed E-state index contributed by atoms with van der Waals surface area (Å²) in [4.78, 5) is 37.2. The molecule has 2 heterocycles. The molecule has 1 aliphatic rings. The summed E-state index contributed by atoms with van der Waals surface area (Å²) >= 11 is 0. The third kappa shape index (κ3) is 3.69. The summed E-state index contributed by atoms with van der Waals surface area (Å²) in [6.45, 7) is 1.88. The fraction of sp³-hybridized carbons (Fsp3) is 0.238. The first-order valence-corrected chi connectivity index (χ1v) is 9.27. The van der Waals surface area contributed by atoms with Gasteiger partial charge in [0.1, 0.15) is 0 Å². The SMILES string of the molecule is C[C@@H](OC(=O)c1nn(C)c(=O)c2ccccc12)C(=O)NCc1ccc2c(c1)OCO2. The first kappa shape index (κ1) is 19.4. The van der Waals surface area contributed by atoms with Crippen molar-refractivity contribution in [3.63, 3.8) is 0 Å². The van der Waals surface area contributed by atoms with Crippen LogP contribution in [-0.2, 0) is 23.1 Å². The number of carbonyl (C=O) groups is 2. The van der Waals surface area contributed by atoms with Crippen molar-refractivity contribution in [1.29, 1.82) is 0 Å². The van der Waals surface area contributed by atoms with E-state index in [9.17, 15) is 14.4 Å². The molecule has 0 fully saturated rings. The molecule has 0 bridgehead atoms. The molecule has 1 aliphatic heterocycles. The van der Waals surface area contributed by atoms with Crippen LogP contribution in [0.3, 0.4) is 0 Å². The van der Waals surface area contributed by atoms with Crippen molar-refractivity contribution < 1.29 is 23.8 Å². The van der Waals surface area contributed by atoms with E-state index in [1.54, 1.807) is 36.4 Å². The largest absolute Gasteiger partial charge is 0.454 e. The molecule has 1 N–H and O–H groups in total. The van der Waals surface area contributed by atoms with Gasteiger partial charge in [0, 0.05) is 19.0 Å². The van der Waals surface area contributed by atoms with Crippen molar-refractivity contribution in [2.75, 3.05) is 6.79 Å². The number of nitrogens with one attached hydrogen (secondary N) is 1. The van der Waals surface area contributed by atoms with E-state index in [4.69, 9.17) is 14.2 Å². The van der Waals surface area contributed by atoms with Crippen LogP contribution < -0.4 is 20.3 Å². The maximum absolute atomic E-state index is 12.6. The second kappa shape index (κ2) is 7.86. The summed E-state index contributed by atoms with van der Waals surface area (Å²) in [5.74, 6) is 0.0286. The van der Waals surface area contributed by atoms with Gasteiger partial charge in [-0.15, -0.1) is 0 Å². The highest BCUT2D eigenvalue weighted by molar-refractivity contribution is 6.02. The number of hydrogen-bond donors (Lipinski definition) is 1. The molecule has 30 heavy (non-hydrogen) atoms. The van der Waals surface area contributed by atoms with E-state index in [2.05, 4.69) is 10.4 Å². The molecule has 1 aromatic heterocycles. The van der Waals surface area contributed by atoms with E-state index in [0.717, 1.165) is 10.2 Å². The van der Waals surface area contributed by atoms with E-state index in [0.29, 0.717) is 22.3 Å². The van der Waals surface area contributed by atoms with Crippen LogP contribution >= 0.6 is 0 Å². The fourth-order valence-electron chi connectivity index (χ4n) is 3.10. The van der Waals surface area contributed by atoms with Crippen molar-refractivity contribution in [2.45, 2.75) is 19.6 Å². The third-order valence-corrected chi connectivity index (χ3v) is 4.71. The van der Waals surface area contributed by atoms with E-state index >= 15 is 0 Å². The number of fused-ring (bicyclic) bond motifs is 2. The lowest BCUT2D eigenvalue weighted by molar-refractivity contribution is -0.129. The number of carbonyl (C=O) groups excluding carboxylic acids is 2. The number of benzene rings is 2. The second-order valence-electron chi connectivity index (χ2n) is 6.78. The summed E-state index contributed by atoms with van der Waals surface area (Å²) in [7, 11) is 1.45. The Morgan fingerprint density at radius 1 is 1.17 bits per heavy atom. The van der Waals surface area contributed by atoms with Gasteiger partial charge in [0.25, 0.3) is 11.5 Å². The lowest BCUT2D eigenvalue weighted by atomic mass is 10.1. The Labute approximate surface area is 171 Å². The smallest absolute Gasteiger partial charge is 0.360 e. The highest BCUT2D eigenvalue weighted by atomic mass is 16.7. The molecule has 0 saturated carbocycles. The number of nitrogens with zero attached hydrogens (tertiary/aromatic N) is 2. The molecular formula is C21H19N3O6. The fourth-order valence-corrected chi connectivity index (χ4v) is 3.10. The molecule has 154 valence electrons. The molecule has 0 radical (unpaired) electrons. The molecule has 0 aliphatic carbocycles. The van der Waals surface area contributed by atoms with Crippen LogP contribution in [0.2, 0.25) is 0 Å². The summed E-state index contributed by atoms with van der Waals surface area (Å²) < 4.78 is 16.9. The molecule has 0 saturated heterocycles.